The van der Waals surface area contributed by atoms with E-state index in [0.29, 0.717) is 17.8 Å². The molecule has 1 aromatic heterocycles. The number of nitrogens with one attached hydrogen (secondary N) is 1. The minimum Gasteiger partial charge on any atom is -0.507 e. The fourth-order valence-corrected chi connectivity index (χ4v) is 2.65. The molecule has 0 amide bonds. The normalized spacial score (nSPS) is 12.2. The molecule has 19 heavy (non-hydrogen) atoms. The first kappa shape index (κ1) is 13.9. The van der Waals surface area contributed by atoms with E-state index < -0.39 is 0 Å². The summed E-state index contributed by atoms with van der Waals surface area (Å²) < 4.78 is 0. The van der Waals surface area contributed by atoms with Crippen molar-refractivity contribution in [3.05, 3.63) is 23.9 Å². The van der Waals surface area contributed by atoms with Crippen molar-refractivity contribution in [3.8, 4) is 5.75 Å². The molecule has 1 aromatic carbocycles. The van der Waals surface area contributed by atoms with Gasteiger partial charge in [0.1, 0.15) is 5.75 Å². The quantitative estimate of drug-likeness (QED) is 0.870. The summed E-state index contributed by atoms with van der Waals surface area (Å²) >= 11 is 0. The smallest absolute Gasteiger partial charge is 0.126 e. The fraction of sp³-hybridized carbons (Fsp3) is 0.533. The zero-order valence-corrected chi connectivity index (χ0v) is 12.1. The number of benzene rings is 1. The van der Waals surface area contributed by atoms with Gasteiger partial charge < -0.3 is 5.11 Å². The van der Waals surface area contributed by atoms with Gasteiger partial charge in [0.05, 0.1) is 10.9 Å². The Labute approximate surface area is 114 Å². The summed E-state index contributed by atoms with van der Waals surface area (Å²) in [4.78, 5) is 2.44. The Morgan fingerprint density at radius 3 is 2.53 bits per heavy atom. The molecule has 0 aliphatic rings. The number of hydrogen-bond acceptors (Lipinski definition) is 3. The highest BCUT2D eigenvalue weighted by molar-refractivity contribution is 5.87. The van der Waals surface area contributed by atoms with Crippen molar-refractivity contribution in [2.24, 2.45) is 0 Å². The molecule has 0 unspecified atom stereocenters. The lowest BCUT2D eigenvalue weighted by atomic mass is 10.1. The molecule has 0 aliphatic carbocycles. The van der Waals surface area contributed by atoms with E-state index >= 15 is 0 Å². The highest BCUT2D eigenvalue weighted by Gasteiger charge is 2.15. The van der Waals surface area contributed by atoms with Crippen LogP contribution in [0.5, 0.6) is 5.75 Å². The Balaban J connectivity index is 2.18. The van der Waals surface area contributed by atoms with Gasteiger partial charge in [-0.25, -0.2) is 0 Å². The highest BCUT2D eigenvalue weighted by atomic mass is 16.3. The Morgan fingerprint density at radius 1 is 1.21 bits per heavy atom. The number of aromatic hydroxyl groups is 1. The van der Waals surface area contributed by atoms with Crippen molar-refractivity contribution < 1.29 is 5.11 Å². The van der Waals surface area contributed by atoms with E-state index in [0.717, 1.165) is 29.6 Å². The molecule has 0 saturated carbocycles. The van der Waals surface area contributed by atoms with Crippen LogP contribution >= 0.6 is 0 Å². The number of fused-ring (bicyclic) bond motifs is 1. The lowest BCUT2D eigenvalue weighted by Crippen LogP contribution is -2.38. The van der Waals surface area contributed by atoms with Gasteiger partial charge in [0, 0.05) is 30.7 Å². The van der Waals surface area contributed by atoms with Crippen LogP contribution < -0.4 is 0 Å². The largest absolute Gasteiger partial charge is 0.507 e. The van der Waals surface area contributed by atoms with Crippen molar-refractivity contribution in [1.82, 2.24) is 15.1 Å². The Kier molecular flexibility index (Phi) is 4.10. The molecular weight excluding hydrogens is 238 g/mol. The fourth-order valence-electron chi connectivity index (χ4n) is 2.65. The maximum Gasteiger partial charge on any atom is 0.126 e. The number of nitrogens with zero attached hydrogens (tertiary/aromatic N) is 2. The van der Waals surface area contributed by atoms with Crippen LogP contribution in [0.2, 0.25) is 0 Å². The van der Waals surface area contributed by atoms with E-state index in [1.54, 1.807) is 6.07 Å². The SMILES string of the molecule is CC(C)N(CCc1[nH]nc2cccc(O)c12)C(C)C. The summed E-state index contributed by atoms with van der Waals surface area (Å²) in [5, 5.41) is 18.1. The van der Waals surface area contributed by atoms with Gasteiger partial charge in [-0.05, 0) is 39.8 Å². The number of hydrogen-bond donors (Lipinski definition) is 2. The van der Waals surface area contributed by atoms with Crippen molar-refractivity contribution in [1.29, 1.82) is 0 Å². The van der Waals surface area contributed by atoms with Crippen LogP contribution in [-0.2, 0) is 6.42 Å². The summed E-state index contributed by atoms with van der Waals surface area (Å²) in [6.45, 7) is 9.80. The van der Waals surface area contributed by atoms with Gasteiger partial charge in [-0.15, -0.1) is 0 Å². The number of rotatable bonds is 5. The summed E-state index contributed by atoms with van der Waals surface area (Å²) in [7, 11) is 0. The molecule has 1 heterocycles. The molecule has 104 valence electrons. The monoisotopic (exact) mass is 261 g/mol. The van der Waals surface area contributed by atoms with Crippen molar-refractivity contribution in [3.63, 3.8) is 0 Å². The van der Waals surface area contributed by atoms with E-state index in [-0.39, 0.29) is 0 Å². The van der Waals surface area contributed by atoms with E-state index in [2.05, 4.69) is 42.8 Å². The molecule has 2 aromatic rings. The molecule has 0 atom stereocenters. The van der Waals surface area contributed by atoms with Gasteiger partial charge >= 0.3 is 0 Å². The lowest BCUT2D eigenvalue weighted by molar-refractivity contribution is 0.177. The summed E-state index contributed by atoms with van der Waals surface area (Å²) in [5.74, 6) is 0.307. The van der Waals surface area contributed by atoms with Gasteiger partial charge in [0.15, 0.2) is 0 Å². The van der Waals surface area contributed by atoms with Gasteiger partial charge in [-0.2, -0.15) is 5.10 Å². The number of aromatic amines is 1. The molecule has 0 spiro atoms. The van der Waals surface area contributed by atoms with Crippen LogP contribution in [0.3, 0.4) is 0 Å². The zero-order valence-electron chi connectivity index (χ0n) is 12.1. The zero-order chi connectivity index (χ0) is 14.0. The molecule has 4 nitrogen and oxygen atoms in total. The number of aromatic nitrogens is 2. The first-order valence-electron chi connectivity index (χ1n) is 6.91. The third-order valence-corrected chi connectivity index (χ3v) is 3.58. The molecule has 0 bridgehead atoms. The van der Waals surface area contributed by atoms with Gasteiger partial charge in [0.2, 0.25) is 0 Å². The lowest BCUT2D eigenvalue weighted by Gasteiger charge is -2.30. The molecule has 0 aliphatic heterocycles. The first-order valence-corrected chi connectivity index (χ1v) is 6.91. The number of H-pyrrole nitrogens is 1. The second-order valence-corrected chi connectivity index (χ2v) is 5.55. The van der Waals surface area contributed by atoms with Crippen LogP contribution in [0.1, 0.15) is 33.4 Å². The van der Waals surface area contributed by atoms with Crippen molar-refractivity contribution >= 4 is 10.9 Å². The van der Waals surface area contributed by atoms with E-state index in [1.165, 1.54) is 0 Å². The molecule has 2 rings (SSSR count). The Hall–Kier alpha value is -1.55. The van der Waals surface area contributed by atoms with Gasteiger partial charge in [-0.1, -0.05) is 6.07 Å². The van der Waals surface area contributed by atoms with Crippen LogP contribution in [0.4, 0.5) is 0 Å². The van der Waals surface area contributed by atoms with Gasteiger partial charge in [0.25, 0.3) is 0 Å². The summed E-state index contributed by atoms with van der Waals surface area (Å²) in [6.07, 6.45) is 0.866. The third kappa shape index (κ3) is 2.89. The minimum atomic E-state index is 0.307. The van der Waals surface area contributed by atoms with Crippen molar-refractivity contribution in [2.75, 3.05) is 6.54 Å². The van der Waals surface area contributed by atoms with Gasteiger partial charge in [-0.3, -0.25) is 10.00 Å². The maximum atomic E-state index is 9.95. The number of phenols is 1. The predicted octanol–water partition coefficient (Wildman–Crippen LogP) is 2.93. The van der Waals surface area contributed by atoms with Crippen LogP contribution in [0.25, 0.3) is 10.9 Å². The molecule has 2 N–H and O–H groups in total. The summed E-state index contributed by atoms with van der Waals surface area (Å²) in [6, 6.07) is 6.48. The first-order chi connectivity index (χ1) is 9.00. The van der Waals surface area contributed by atoms with Crippen LogP contribution in [0.15, 0.2) is 18.2 Å². The second-order valence-electron chi connectivity index (χ2n) is 5.55. The van der Waals surface area contributed by atoms with Crippen LogP contribution in [0, 0.1) is 0 Å². The van der Waals surface area contributed by atoms with E-state index in [1.807, 2.05) is 12.1 Å². The topological polar surface area (TPSA) is 52.2 Å². The Bertz CT molecular complexity index is 537. The van der Waals surface area contributed by atoms with E-state index in [9.17, 15) is 5.11 Å². The molecule has 0 saturated heterocycles. The molecule has 0 fully saturated rings. The van der Waals surface area contributed by atoms with Crippen LogP contribution in [-0.4, -0.2) is 38.8 Å². The standard InChI is InChI=1S/C15H23N3O/c1-10(2)18(11(3)4)9-8-13-15-12(16-17-13)6-5-7-14(15)19/h5-7,10-11,19H,8-9H2,1-4H3,(H,16,17). The third-order valence-electron chi connectivity index (χ3n) is 3.58. The average molecular weight is 261 g/mol. The highest BCUT2D eigenvalue weighted by Crippen LogP contribution is 2.26. The Morgan fingerprint density at radius 2 is 1.89 bits per heavy atom. The summed E-state index contributed by atoms with van der Waals surface area (Å²) in [5.41, 5.74) is 1.84. The van der Waals surface area contributed by atoms with E-state index in [4.69, 9.17) is 0 Å². The minimum absolute atomic E-state index is 0.307. The molecule has 4 heteroatoms. The second kappa shape index (κ2) is 5.61. The maximum absolute atomic E-state index is 9.95. The number of phenolic OH excluding ortho intramolecular Hbond substituents is 1. The molecule has 0 radical (unpaired) electrons. The predicted molar refractivity (Wildman–Crippen MR) is 78.4 cm³/mol. The van der Waals surface area contributed by atoms with Crippen molar-refractivity contribution in [2.45, 2.75) is 46.2 Å². The molecular formula is C15H23N3O. The average Bonchev–Trinajstić information content (AvgIpc) is 2.73.